The Kier molecular flexibility index (Phi) is 5.96. The number of nitro groups is 1. The van der Waals surface area contributed by atoms with Crippen LogP contribution in [-0.2, 0) is 10.0 Å². The van der Waals surface area contributed by atoms with Gasteiger partial charge in [-0.25, -0.2) is 13.4 Å². The molecule has 1 saturated heterocycles. The first kappa shape index (κ1) is 20.9. The number of nitrogens with one attached hydrogen (secondary N) is 2. The number of piperidine rings is 1. The highest BCUT2D eigenvalue weighted by Gasteiger charge is 2.29. The summed E-state index contributed by atoms with van der Waals surface area (Å²) in [6.07, 6.45) is 3.92. The van der Waals surface area contributed by atoms with Gasteiger partial charge >= 0.3 is 0 Å². The van der Waals surface area contributed by atoms with Gasteiger partial charge in [0.05, 0.1) is 9.82 Å². The zero-order valence-corrected chi connectivity index (χ0v) is 17.5. The van der Waals surface area contributed by atoms with E-state index in [2.05, 4.69) is 20.5 Å². The molecule has 11 heteroatoms. The molecule has 0 spiro atoms. The van der Waals surface area contributed by atoms with Crippen molar-refractivity contribution in [3.63, 3.8) is 0 Å². The van der Waals surface area contributed by atoms with Crippen molar-refractivity contribution in [2.45, 2.75) is 30.2 Å². The third-order valence-corrected chi connectivity index (χ3v) is 7.15. The Bertz CT molecular complexity index is 1150. The number of hydrogen-bond donors (Lipinski definition) is 2. The third kappa shape index (κ3) is 4.42. The van der Waals surface area contributed by atoms with Crippen molar-refractivity contribution in [2.75, 3.05) is 18.4 Å². The summed E-state index contributed by atoms with van der Waals surface area (Å²) in [5, 5.41) is 21.6. The molecule has 0 bridgehead atoms. The van der Waals surface area contributed by atoms with Crippen LogP contribution in [0.2, 0.25) is 0 Å². The van der Waals surface area contributed by atoms with Crippen LogP contribution in [0.4, 0.5) is 11.4 Å². The molecular formula is C20H22N6O4S. The van der Waals surface area contributed by atoms with Crippen LogP contribution in [0.15, 0.2) is 59.8 Å². The minimum atomic E-state index is -3.79. The highest BCUT2D eigenvalue weighted by atomic mass is 32.2. The molecule has 0 saturated carbocycles. The number of H-pyrrole nitrogens is 1. The van der Waals surface area contributed by atoms with Crippen molar-refractivity contribution in [3.8, 4) is 0 Å². The monoisotopic (exact) mass is 442 g/mol. The van der Waals surface area contributed by atoms with Crippen molar-refractivity contribution in [1.29, 1.82) is 0 Å². The molecule has 1 aliphatic heterocycles. The van der Waals surface area contributed by atoms with E-state index in [1.165, 1.54) is 22.8 Å². The SMILES string of the molecule is O=[N+]([O-])c1cc(S(=O)(=O)N2CCCCC2)ccc1N[C@H](c1ccccc1)c1ncn[nH]1. The lowest BCUT2D eigenvalue weighted by Crippen LogP contribution is -2.35. The van der Waals surface area contributed by atoms with Gasteiger partial charge in [-0.05, 0) is 30.5 Å². The molecule has 10 nitrogen and oxygen atoms in total. The van der Waals surface area contributed by atoms with Crippen molar-refractivity contribution >= 4 is 21.4 Å². The fourth-order valence-electron chi connectivity index (χ4n) is 3.66. The van der Waals surface area contributed by atoms with Crippen molar-refractivity contribution < 1.29 is 13.3 Å². The second-order valence-electron chi connectivity index (χ2n) is 7.26. The van der Waals surface area contributed by atoms with Crippen LogP contribution < -0.4 is 5.32 Å². The smallest absolute Gasteiger partial charge is 0.293 e. The summed E-state index contributed by atoms with van der Waals surface area (Å²) < 4.78 is 27.3. The fraction of sp³-hybridized carbons (Fsp3) is 0.300. The van der Waals surface area contributed by atoms with E-state index < -0.39 is 21.0 Å². The zero-order chi connectivity index (χ0) is 21.8. The minimum Gasteiger partial charge on any atom is -0.366 e. The first-order chi connectivity index (χ1) is 15.0. The van der Waals surface area contributed by atoms with Crippen LogP contribution in [-0.4, -0.2) is 45.9 Å². The number of anilines is 1. The maximum absolute atomic E-state index is 13.0. The average Bonchev–Trinajstić information content (AvgIpc) is 3.33. The molecule has 0 aliphatic carbocycles. The van der Waals surface area contributed by atoms with E-state index in [-0.39, 0.29) is 16.3 Å². The summed E-state index contributed by atoms with van der Waals surface area (Å²) in [5.41, 5.74) is 0.685. The summed E-state index contributed by atoms with van der Waals surface area (Å²) in [5.74, 6) is 0.477. The topological polar surface area (TPSA) is 134 Å². The van der Waals surface area contributed by atoms with Crippen molar-refractivity contribution in [3.05, 3.63) is 76.4 Å². The summed E-state index contributed by atoms with van der Waals surface area (Å²) >= 11 is 0. The first-order valence-electron chi connectivity index (χ1n) is 9.92. The van der Waals surface area contributed by atoms with Gasteiger partial charge in [-0.1, -0.05) is 36.8 Å². The van der Waals surface area contributed by atoms with E-state index >= 15 is 0 Å². The Balaban J connectivity index is 1.70. The number of sulfonamides is 1. The van der Waals surface area contributed by atoms with Crippen molar-refractivity contribution in [2.24, 2.45) is 0 Å². The summed E-state index contributed by atoms with van der Waals surface area (Å²) in [6.45, 7) is 0.857. The van der Waals surface area contributed by atoms with Gasteiger partial charge in [0.15, 0.2) is 5.82 Å². The molecule has 4 rings (SSSR count). The molecule has 1 aliphatic rings. The molecule has 2 N–H and O–H groups in total. The summed E-state index contributed by atoms with van der Waals surface area (Å²) in [6, 6.07) is 12.7. The van der Waals surface area contributed by atoms with Gasteiger partial charge in [0.2, 0.25) is 10.0 Å². The van der Waals surface area contributed by atoms with Gasteiger partial charge in [0.1, 0.15) is 18.1 Å². The van der Waals surface area contributed by atoms with E-state index in [4.69, 9.17) is 0 Å². The molecule has 3 aromatic rings. The molecule has 0 radical (unpaired) electrons. The molecular weight excluding hydrogens is 420 g/mol. The highest BCUT2D eigenvalue weighted by molar-refractivity contribution is 7.89. The van der Waals surface area contributed by atoms with Crippen LogP contribution in [0, 0.1) is 10.1 Å². The average molecular weight is 443 g/mol. The largest absolute Gasteiger partial charge is 0.366 e. The number of aromatic amines is 1. The lowest BCUT2D eigenvalue weighted by atomic mass is 10.1. The zero-order valence-electron chi connectivity index (χ0n) is 16.6. The van der Waals surface area contributed by atoms with Crippen LogP contribution in [0.5, 0.6) is 0 Å². The first-order valence-corrected chi connectivity index (χ1v) is 11.4. The van der Waals surface area contributed by atoms with E-state index in [1.54, 1.807) is 0 Å². The molecule has 1 fully saturated rings. The van der Waals surface area contributed by atoms with Gasteiger partial charge in [-0.3, -0.25) is 15.2 Å². The molecule has 162 valence electrons. The van der Waals surface area contributed by atoms with Gasteiger partial charge in [-0.2, -0.15) is 9.40 Å². The van der Waals surface area contributed by atoms with Crippen LogP contribution >= 0.6 is 0 Å². The van der Waals surface area contributed by atoms with Gasteiger partial charge in [-0.15, -0.1) is 0 Å². The van der Waals surface area contributed by atoms with Crippen molar-refractivity contribution in [1.82, 2.24) is 19.5 Å². The Labute approximate surface area is 179 Å². The summed E-state index contributed by atoms with van der Waals surface area (Å²) in [7, 11) is -3.79. The minimum absolute atomic E-state index is 0.0809. The van der Waals surface area contributed by atoms with Gasteiger partial charge < -0.3 is 5.32 Å². The Morgan fingerprint density at radius 1 is 1.10 bits per heavy atom. The Morgan fingerprint density at radius 3 is 2.48 bits per heavy atom. The standard InChI is InChI=1S/C20H22N6O4S/c27-26(28)18-13-16(31(29,30)25-11-5-2-6-12-25)9-10-17(18)23-19(20-21-14-22-24-20)15-7-3-1-4-8-15/h1,3-4,7-10,13-14,19,23H,2,5-6,11-12H2,(H,21,22,24)/t19-/m1/s1. The predicted octanol–water partition coefficient (Wildman–Crippen LogP) is 3.09. The third-order valence-electron chi connectivity index (χ3n) is 5.26. The number of nitro benzene ring substituents is 1. The molecule has 31 heavy (non-hydrogen) atoms. The molecule has 1 atom stereocenters. The van der Waals surface area contributed by atoms with E-state index in [9.17, 15) is 18.5 Å². The maximum Gasteiger partial charge on any atom is 0.293 e. The predicted molar refractivity (Wildman–Crippen MR) is 114 cm³/mol. The van der Waals surface area contributed by atoms with Crippen LogP contribution in [0.1, 0.15) is 36.7 Å². The van der Waals surface area contributed by atoms with E-state index in [1.807, 2.05) is 30.3 Å². The molecule has 2 aromatic carbocycles. The van der Waals surface area contributed by atoms with E-state index in [0.717, 1.165) is 30.9 Å². The second-order valence-corrected chi connectivity index (χ2v) is 9.20. The quantitative estimate of drug-likeness (QED) is 0.424. The summed E-state index contributed by atoms with van der Waals surface area (Å²) in [4.78, 5) is 15.3. The number of aromatic nitrogens is 3. The number of nitrogens with zero attached hydrogens (tertiary/aromatic N) is 4. The van der Waals surface area contributed by atoms with Crippen LogP contribution in [0.25, 0.3) is 0 Å². The number of hydrogen-bond acceptors (Lipinski definition) is 7. The lowest BCUT2D eigenvalue weighted by molar-refractivity contribution is -0.384. The molecule has 2 heterocycles. The van der Waals surface area contributed by atoms with Gasteiger partial charge in [0, 0.05) is 19.2 Å². The second kappa shape index (κ2) is 8.82. The molecule has 0 amide bonds. The number of rotatable bonds is 7. The maximum atomic E-state index is 13.0. The lowest BCUT2D eigenvalue weighted by Gasteiger charge is -2.26. The Hall–Kier alpha value is -3.31. The van der Waals surface area contributed by atoms with Crippen LogP contribution in [0.3, 0.4) is 0 Å². The molecule has 1 aromatic heterocycles. The Morgan fingerprint density at radius 2 is 1.84 bits per heavy atom. The fourth-order valence-corrected chi connectivity index (χ4v) is 5.20. The molecule has 0 unspecified atom stereocenters. The highest BCUT2D eigenvalue weighted by Crippen LogP contribution is 2.33. The van der Waals surface area contributed by atoms with Gasteiger partial charge in [0.25, 0.3) is 5.69 Å². The van der Waals surface area contributed by atoms with E-state index in [0.29, 0.717) is 18.9 Å². The normalized spacial score (nSPS) is 16.0. The number of benzene rings is 2.